The van der Waals surface area contributed by atoms with Gasteiger partial charge in [-0.05, 0) is 80.5 Å². The highest BCUT2D eigenvalue weighted by molar-refractivity contribution is 7.23. The van der Waals surface area contributed by atoms with Gasteiger partial charge < -0.3 is 4.74 Å². The third-order valence-corrected chi connectivity index (χ3v) is 9.22. The summed E-state index contributed by atoms with van der Waals surface area (Å²) in [6, 6.07) is 9.50. The summed E-state index contributed by atoms with van der Waals surface area (Å²) in [5, 5.41) is 1.31. The Hall–Kier alpha value is -2.18. The van der Waals surface area contributed by atoms with Gasteiger partial charge in [0.15, 0.2) is 5.13 Å². The molecule has 2 aromatic heterocycles. The van der Waals surface area contributed by atoms with Crippen LogP contribution in [-0.2, 0) is 11.3 Å². The number of carbonyl (C=O) groups excluding carboxylic acids is 1. The van der Waals surface area contributed by atoms with E-state index in [1.165, 1.54) is 30.6 Å². The van der Waals surface area contributed by atoms with Crippen LogP contribution >= 0.6 is 22.9 Å². The fourth-order valence-electron chi connectivity index (χ4n) is 6.76. The van der Waals surface area contributed by atoms with Crippen molar-refractivity contribution in [2.75, 3.05) is 12.0 Å². The molecule has 2 heterocycles. The average molecular weight is 468 g/mol. The van der Waals surface area contributed by atoms with Gasteiger partial charge in [0.1, 0.15) is 11.3 Å². The molecule has 166 valence electrons. The number of amides is 1. The van der Waals surface area contributed by atoms with Crippen molar-refractivity contribution in [2.45, 2.75) is 45.1 Å². The molecule has 0 atom stereocenters. The molecule has 32 heavy (non-hydrogen) atoms. The van der Waals surface area contributed by atoms with Gasteiger partial charge in [0.25, 0.3) is 0 Å². The number of hydrogen-bond donors (Lipinski definition) is 0. The number of halogens is 1. The molecule has 0 saturated heterocycles. The summed E-state index contributed by atoms with van der Waals surface area (Å²) in [6.07, 6.45) is 8.76. The molecule has 1 amide bonds. The summed E-state index contributed by atoms with van der Waals surface area (Å²) in [4.78, 5) is 25.6. The lowest BCUT2D eigenvalue weighted by Crippen LogP contribution is -2.54. The van der Waals surface area contributed by atoms with Crippen LogP contribution in [0.5, 0.6) is 5.75 Å². The van der Waals surface area contributed by atoms with Gasteiger partial charge in [-0.3, -0.25) is 14.7 Å². The number of hydrogen-bond acceptors (Lipinski definition) is 5. The van der Waals surface area contributed by atoms with Crippen molar-refractivity contribution in [1.29, 1.82) is 0 Å². The van der Waals surface area contributed by atoms with E-state index >= 15 is 0 Å². The monoisotopic (exact) mass is 467 g/mol. The highest BCUT2D eigenvalue weighted by Gasteiger charge is 2.56. The molecular formula is C25H26ClN3O2S. The zero-order valence-corrected chi connectivity index (χ0v) is 19.7. The van der Waals surface area contributed by atoms with E-state index in [1.54, 1.807) is 13.3 Å². The van der Waals surface area contributed by atoms with E-state index in [9.17, 15) is 4.79 Å². The summed E-state index contributed by atoms with van der Waals surface area (Å²) in [7, 11) is 1.63. The molecule has 0 unspecified atom stereocenters. The largest absolute Gasteiger partial charge is 0.494 e. The maximum Gasteiger partial charge on any atom is 0.235 e. The van der Waals surface area contributed by atoms with E-state index in [-0.39, 0.29) is 11.3 Å². The van der Waals surface area contributed by atoms with Gasteiger partial charge in [-0.1, -0.05) is 29.0 Å². The van der Waals surface area contributed by atoms with Crippen LogP contribution in [0.25, 0.3) is 10.2 Å². The molecular weight excluding hydrogens is 442 g/mol. The Labute approximate surface area is 196 Å². The minimum Gasteiger partial charge on any atom is -0.494 e. The van der Waals surface area contributed by atoms with Crippen molar-refractivity contribution in [3.05, 3.63) is 47.2 Å². The molecule has 1 aromatic carbocycles. The second-order valence-electron chi connectivity index (χ2n) is 9.83. The second kappa shape index (κ2) is 7.70. The maximum absolute atomic E-state index is 14.3. The third-order valence-electron chi connectivity index (χ3n) is 7.68. The highest BCUT2D eigenvalue weighted by atomic mass is 35.5. The van der Waals surface area contributed by atoms with Crippen LogP contribution in [0.3, 0.4) is 0 Å². The van der Waals surface area contributed by atoms with E-state index in [2.05, 4.69) is 4.98 Å². The molecule has 0 radical (unpaired) electrons. The average Bonchev–Trinajstić information content (AvgIpc) is 3.23. The lowest BCUT2D eigenvalue weighted by Gasteiger charge is -2.56. The van der Waals surface area contributed by atoms with Crippen molar-refractivity contribution in [2.24, 2.45) is 23.2 Å². The molecule has 4 bridgehead atoms. The zero-order chi connectivity index (χ0) is 21.9. The van der Waals surface area contributed by atoms with Gasteiger partial charge in [0.05, 0.1) is 34.5 Å². The summed E-state index contributed by atoms with van der Waals surface area (Å²) >= 11 is 7.97. The van der Waals surface area contributed by atoms with Crippen LogP contribution in [0, 0.1) is 23.2 Å². The number of thiazole rings is 1. The van der Waals surface area contributed by atoms with Crippen LogP contribution in [0.15, 0.2) is 36.5 Å². The van der Waals surface area contributed by atoms with Gasteiger partial charge >= 0.3 is 0 Å². The second-order valence-corrected chi connectivity index (χ2v) is 11.2. The highest BCUT2D eigenvalue weighted by Crippen LogP contribution is 2.61. The number of ether oxygens (including phenoxy) is 1. The number of nitrogens with zero attached hydrogens (tertiary/aromatic N) is 3. The smallest absolute Gasteiger partial charge is 0.235 e. The molecule has 0 spiro atoms. The number of benzene rings is 1. The quantitative estimate of drug-likeness (QED) is 0.454. The molecule has 7 rings (SSSR count). The first-order valence-electron chi connectivity index (χ1n) is 11.4. The molecule has 4 aliphatic rings. The van der Waals surface area contributed by atoms with Crippen LogP contribution in [0.1, 0.15) is 44.2 Å². The van der Waals surface area contributed by atoms with E-state index < -0.39 is 0 Å². The fourth-order valence-corrected chi connectivity index (χ4v) is 8.01. The molecule has 3 aromatic rings. The fraction of sp³-hybridized carbons (Fsp3) is 0.480. The number of methoxy groups -OCH3 is 1. The summed E-state index contributed by atoms with van der Waals surface area (Å²) in [6.45, 7) is 0.418. The van der Waals surface area contributed by atoms with Crippen molar-refractivity contribution >= 4 is 44.2 Å². The van der Waals surface area contributed by atoms with Gasteiger partial charge in [0, 0.05) is 6.20 Å². The SMILES string of the molecule is COc1ccc(Cl)c2sc(N(Cc3ccccn3)C(=O)C34CC5CC(CC(C5)C3)C4)nc12. The number of aromatic nitrogens is 2. The number of pyridine rings is 1. The van der Waals surface area contributed by atoms with Crippen LogP contribution < -0.4 is 9.64 Å². The topological polar surface area (TPSA) is 55.3 Å². The molecule has 0 N–H and O–H groups in total. The zero-order valence-electron chi connectivity index (χ0n) is 18.1. The first kappa shape index (κ1) is 20.4. The summed E-state index contributed by atoms with van der Waals surface area (Å²) < 4.78 is 6.38. The number of fused-ring (bicyclic) bond motifs is 1. The van der Waals surface area contributed by atoms with E-state index in [0.717, 1.165) is 29.7 Å². The Balaban J connectivity index is 1.44. The number of anilines is 1. The van der Waals surface area contributed by atoms with Gasteiger partial charge in [-0.15, -0.1) is 0 Å². The lowest BCUT2D eigenvalue weighted by atomic mass is 9.49. The summed E-state index contributed by atoms with van der Waals surface area (Å²) in [5.41, 5.74) is 1.32. The molecule has 0 aliphatic heterocycles. The Morgan fingerprint density at radius 1 is 1.16 bits per heavy atom. The normalized spacial score (nSPS) is 28.2. The van der Waals surface area contributed by atoms with Crippen molar-refractivity contribution in [1.82, 2.24) is 9.97 Å². The van der Waals surface area contributed by atoms with Crippen LogP contribution in [0.4, 0.5) is 5.13 Å². The number of carbonyl (C=O) groups is 1. The molecule has 5 nitrogen and oxygen atoms in total. The van der Waals surface area contributed by atoms with Crippen molar-refractivity contribution < 1.29 is 9.53 Å². The minimum absolute atomic E-state index is 0.219. The Morgan fingerprint density at radius 2 is 1.88 bits per heavy atom. The van der Waals surface area contributed by atoms with E-state index in [4.69, 9.17) is 21.3 Å². The van der Waals surface area contributed by atoms with Gasteiger partial charge in [0.2, 0.25) is 5.91 Å². The first-order valence-corrected chi connectivity index (χ1v) is 12.6. The maximum atomic E-state index is 14.3. The van der Waals surface area contributed by atoms with Crippen LogP contribution in [0.2, 0.25) is 5.02 Å². The molecule has 4 saturated carbocycles. The minimum atomic E-state index is -0.255. The van der Waals surface area contributed by atoms with Crippen molar-refractivity contribution in [3.8, 4) is 5.75 Å². The molecule has 4 fully saturated rings. The van der Waals surface area contributed by atoms with E-state index in [0.29, 0.717) is 45.7 Å². The number of rotatable bonds is 5. The standard InChI is InChI=1S/C25H26ClN3O2S/c1-31-20-6-5-19(26)22-21(20)28-24(32-22)29(14-18-4-2-3-7-27-18)23(30)25-11-15-8-16(12-25)10-17(9-15)13-25/h2-7,15-17H,8-14H2,1H3. The lowest BCUT2D eigenvalue weighted by molar-refractivity contribution is -0.143. The summed E-state index contributed by atoms with van der Waals surface area (Å²) in [5.74, 6) is 2.99. The Morgan fingerprint density at radius 3 is 2.50 bits per heavy atom. The van der Waals surface area contributed by atoms with Crippen LogP contribution in [-0.4, -0.2) is 23.0 Å². The predicted molar refractivity (Wildman–Crippen MR) is 127 cm³/mol. The molecule has 7 heteroatoms. The first-order chi connectivity index (χ1) is 15.5. The Kier molecular flexibility index (Phi) is 4.92. The Bertz CT molecular complexity index is 1140. The van der Waals surface area contributed by atoms with Gasteiger partial charge in [-0.2, -0.15) is 0 Å². The third kappa shape index (κ3) is 3.30. The van der Waals surface area contributed by atoms with E-state index in [1.807, 2.05) is 35.2 Å². The molecule has 4 aliphatic carbocycles. The van der Waals surface area contributed by atoms with Crippen molar-refractivity contribution in [3.63, 3.8) is 0 Å². The van der Waals surface area contributed by atoms with Gasteiger partial charge in [-0.25, -0.2) is 4.98 Å². The predicted octanol–water partition coefficient (Wildman–Crippen LogP) is 6.10.